The molecule has 0 spiro atoms. The number of aliphatic carboxylic acids is 2. The normalized spacial score (nSPS) is 8.48. The van der Waals surface area contributed by atoms with Crippen LogP contribution in [0.3, 0.4) is 0 Å². The molecule has 0 aromatic heterocycles. The van der Waals surface area contributed by atoms with Crippen LogP contribution in [0.2, 0.25) is 0 Å². The molecule has 0 saturated heterocycles. The second kappa shape index (κ2) is 12.1. The summed E-state index contributed by atoms with van der Waals surface area (Å²) >= 11 is -0.740. The molecular weight excluding hydrogens is 463 g/mol. The summed E-state index contributed by atoms with van der Waals surface area (Å²) in [4.78, 5) is 18.0. The fourth-order valence-corrected chi connectivity index (χ4v) is 5.30. The predicted octanol–water partition coefficient (Wildman–Crippen LogP) is 1.52. The molecule has 2 rings (SSSR count). The van der Waals surface area contributed by atoms with Crippen molar-refractivity contribution in [2.24, 2.45) is 0 Å². The van der Waals surface area contributed by atoms with Crippen molar-refractivity contribution in [3.63, 3.8) is 0 Å². The molecule has 2 aromatic carbocycles. The zero-order chi connectivity index (χ0) is 16.1. The number of carboxylic acids is 2. The Balaban J connectivity index is 0.000000421. The molecule has 0 bridgehead atoms. The van der Waals surface area contributed by atoms with Crippen LogP contribution in [0.5, 0.6) is 0 Å². The van der Waals surface area contributed by atoms with Crippen molar-refractivity contribution in [1.29, 1.82) is 0 Å². The van der Waals surface area contributed by atoms with Crippen LogP contribution in [0, 0.1) is 0 Å². The predicted molar refractivity (Wildman–Crippen MR) is 84.5 cm³/mol. The first-order valence-corrected chi connectivity index (χ1v) is 10.1. The van der Waals surface area contributed by atoms with E-state index in [1.165, 1.54) is 0 Å². The summed E-state index contributed by atoms with van der Waals surface area (Å²) < 4.78 is 3.13. The van der Waals surface area contributed by atoms with E-state index < -0.39 is 36.2 Å². The van der Waals surface area contributed by atoms with Crippen LogP contribution in [0.25, 0.3) is 0 Å². The number of rotatable bonds is 2. The maximum atomic E-state index is 9.00. The Morgan fingerprint density at radius 3 is 1.19 bits per heavy atom. The van der Waals surface area contributed by atoms with Crippen LogP contribution in [0.1, 0.15) is 13.8 Å². The number of carboxylic acid groups (broad SMARTS) is 2. The first-order chi connectivity index (χ1) is 9.91. The monoisotopic (exact) mass is 482 g/mol. The van der Waals surface area contributed by atoms with Crippen molar-refractivity contribution in [2.45, 2.75) is 13.8 Å². The molecule has 0 saturated carbocycles. The van der Waals surface area contributed by atoms with Gasteiger partial charge in [-0.15, -0.1) is 0 Å². The Kier molecular flexibility index (Phi) is 11.1. The van der Waals surface area contributed by atoms with Gasteiger partial charge in [-0.3, -0.25) is 9.59 Å². The van der Waals surface area contributed by atoms with Crippen LogP contribution < -0.4 is 6.25 Å². The Labute approximate surface area is 136 Å². The first-order valence-electron chi connectivity index (χ1n) is 6.18. The fourth-order valence-electron chi connectivity index (χ4n) is 1.21. The second-order valence-electron chi connectivity index (χ2n) is 3.90. The Bertz CT molecular complexity index is 469. The maximum absolute atomic E-state index is 9.00. The molecule has 5 heteroatoms. The van der Waals surface area contributed by atoms with E-state index in [0.717, 1.165) is 13.8 Å². The number of hydrogen-bond acceptors (Lipinski definition) is 2. The average molecular weight is 482 g/mol. The van der Waals surface area contributed by atoms with Gasteiger partial charge in [0.2, 0.25) is 0 Å². The van der Waals surface area contributed by atoms with Gasteiger partial charge in [-0.1, -0.05) is 0 Å². The molecule has 4 nitrogen and oxygen atoms in total. The van der Waals surface area contributed by atoms with Crippen molar-refractivity contribution in [3.05, 3.63) is 60.7 Å². The van der Waals surface area contributed by atoms with E-state index in [4.69, 9.17) is 19.8 Å². The molecule has 2 N–H and O–H groups in total. The molecule has 2 aromatic rings. The van der Waals surface area contributed by atoms with Crippen molar-refractivity contribution in [2.75, 3.05) is 0 Å². The van der Waals surface area contributed by atoms with Crippen LogP contribution in [-0.2, 0) is 9.59 Å². The zero-order valence-electron chi connectivity index (χ0n) is 12.0. The Morgan fingerprint density at radius 2 is 0.952 bits per heavy atom. The number of carbonyl (C=O) groups is 2. The van der Waals surface area contributed by atoms with E-state index in [1.54, 1.807) is 6.25 Å². The standard InChI is InChI=1S/2C6H5.2C2H4O2.Pb/c2*1-2-4-6-5-3-1;2*1-2(3)4;/h2*1-5H;2*1H3,(H,3,4);. The second-order valence-corrected chi connectivity index (χ2v) is 9.36. The third-order valence-corrected chi connectivity index (χ3v) is 6.67. The van der Waals surface area contributed by atoms with E-state index in [0.29, 0.717) is 0 Å². The third-order valence-electron chi connectivity index (χ3n) is 1.84. The molecule has 0 aliphatic carbocycles. The van der Waals surface area contributed by atoms with E-state index in [1.807, 2.05) is 0 Å². The third kappa shape index (κ3) is 14.5. The van der Waals surface area contributed by atoms with E-state index >= 15 is 0 Å². The molecule has 0 aliphatic rings. The van der Waals surface area contributed by atoms with Gasteiger partial charge in [0.15, 0.2) is 0 Å². The van der Waals surface area contributed by atoms with Crippen molar-refractivity contribution >= 4 is 42.4 Å². The van der Waals surface area contributed by atoms with Crippen molar-refractivity contribution in [1.82, 2.24) is 0 Å². The molecule has 0 amide bonds. The van der Waals surface area contributed by atoms with Gasteiger partial charge in [-0.2, -0.15) is 0 Å². The molecule has 2 radical (unpaired) electrons. The minimum atomic E-state index is -0.833. The van der Waals surface area contributed by atoms with Crippen LogP contribution in [0.4, 0.5) is 0 Å². The summed E-state index contributed by atoms with van der Waals surface area (Å²) in [6.07, 6.45) is 0. The average Bonchev–Trinajstić information content (AvgIpc) is 2.40. The molecule has 0 fully saturated rings. The fraction of sp³-hybridized carbons (Fsp3) is 0.125. The molecule has 0 atom stereocenters. The van der Waals surface area contributed by atoms with Gasteiger partial charge in [0.05, 0.1) is 0 Å². The van der Waals surface area contributed by atoms with Gasteiger partial charge >= 0.3 is 91.1 Å². The zero-order valence-corrected chi connectivity index (χ0v) is 15.9. The Hall–Kier alpha value is -1.70. The van der Waals surface area contributed by atoms with Gasteiger partial charge in [0, 0.05) is 13.8 Å². The summed E-state index contributed by atoms with van der Waals surface area (Å²) in [5.41, 5.74) is 0. The number of hydrogen-bond donors (Lipinski definition) is 2. The molecule has 110 valence electrons. The van der Waals surface area contributed by atoms with E-state index in [-0.39, 0.29) is 0 Å². The first kappa shape index (κ1) is 19.3. The molecule has 21 heavy (non-hydrogen) atoms. The molecule has 0 heterocycles. The van der Waals surface area contributed by atoms with Gasteiger partial charge in [0.1, 0.15) is 0 Å². The van der Waals surface area contributed by atoms with Crippen LogP contribution in [-0.4, -0.2) is 46.4 Å². The quantitative estimate of drug-likeness (QED) is 0.638. The Morgan fingerprint density at radius 1 is 0.714 bits per heavy atom. The summed E-state index contributed by atoms with van der Waals surface area (Å²) in [6.45, 7) is 2.17. The van der Waals surface area contributed by atoms with E-state index in [9.17, 15) is 0 Å². The van der Waals surface area contributed by atoms with Gasteiger partial charge in [-0.05, 0) is 0 Å². The van der Waals surface area contributed by atoms with Crippen molar-refractivity contribution in [3.8, 4) is 0 Å². The summed E-state index contributed by atoms with van der Waals surface area (Å²) in [6, 6.07) is 21.7. The number of benzene rings is 2. The van der Waals surface area contributed by atoms with Gasteiger partial charge in [-0.25, -0.2) is 0 Å². The molecule has 0 unspecified atom stereocenters. The van der Waals surface area contributed by atoms with Gasteiger partial charge < -0.3 is 10.2 Å². The van der Waals surface area contributed by atoms with Crippen molar-refractivity contribution < 1.29 is 19.8 Å². The summed E-state index contributed by atoms with van der Waals surface area (Å²) in [7, 11) is 0. The minimum absolute atomic E-state index is 0.740. The molecular formula is C16H18O4Pb. The topological polar surface area (TPSA) is 74.6 Å². The summed E-state index contributed by atoms with van der Waals surface area (Å²) in [5.74, 6) is -1.67. The summed E-state index contributed by atoms with van der Waals surface area (Å²) in [5, 5.41) is 14.8. The SMILES string of the molecule is CC(=O)O.CC(=O)O.c1cc[c]([Pb][c]2ccccc2)cc1. The van der Waals surface area contributed by atoms with Crippen LogP contribution >= 0.6 is 0 Å². The molecule has 0 aliphatic heterocycles. The van der Waals surface area contributed by atoms with Crippen LogP contribution in [0.15, 0.2) is 60.7 Å². The van der Waals surface area contributed by atoms with E-state index in [2.05, 4.69) is 60.7 Å². The van der Waals surface area contributed by atoms with Gasteiger partial charge in [0.25, 0.3) is 11.9 Å².